The molecule has 2 aromatic heterocycles. The second-order valence-electron chi connectivity index (χ2n) is 6.41. The summed E-state index contributed by atoms with van der Waals surface area (Å²) in [5, 5.41) is 10.3. The molecule has 1 N–H and O–H groups in total. The predicted molar refractivity (Wildman–Crippen MR) is 97.8 cm³/mol. The summed E-state index contributed by atoms with van der Waals surface area (Å²) in [7, 11) is 0. The summed E-state index contributed by atoms with van der Waals surface area (Å²) in [5.41, 5.74) is 2.03. The van der Waals surface area contributed by atoms with Crippen LogP contribution in [0.1, 0.15) is 23.0 Å². The number of aromatic nitrogens is 3. The molecule has 1 fully saturated rings. The zero-order valence-electron chi connectivity index (χ0n) is 14.4. The summed E-state index contributed by atoms with van der Waals surface area (Å²) in [6.45, 7) is 3.83. The van der Waals surface area contributed by atoms with E-state index in [1.165, 1.54) is 6.20 Å². The number of benzene rings is 1. The fourth-order valence-electron chi connectivity index (χ4n) is 3.44. The van der Waals surface area contributed by atoms with Gasteiger partial charge in [0.25, 0.3) is 5.91 Å². The molecule has 0 unspecified atom stereocenters. The smallest absolute Gasteiger partial charge is 0.254 e. The van der Waals surface area contributed by atoms with Crippen LogP contribution in [0.4, 0.5) is 5.82 Å². The van der Waals surface area contributed by atoms with Gasteiger partial charge in [0.05, 0.1) is 0 Å². The number of H-pyrrole nitrogens is 1. The molecule has 4 rings (SSSR count). The molecule has 1 saturated heterocycles. The van der Waals surface area contributed by atoms with Gasteiger partial charge in [0.15, 0.2) is 11.5 Å². The molecule has 1 aliphatic rings. The lowest BCUT2D eigenvalue weighted by atomic mass is 10.1. The largest absolute Gasteiger partial charge is 0.361 e. The lowest BCUT2D eigenvalue weighted by Crippen LogP contribution is -2.54. The molecule has 130 valence electrons. The zero-order chi connectivity index (χ0) is 18.1. The molecular weight excluding hydrogens is 328 g/mol. The molecule has 1 amide bonds. The average Bonchev–Trinajstić information content (AvgIpc) is 3.15. The quantitative estimate of drug-likeness (QED) is 0.768. The predicted octanol–water partition coefficient (Wildman–Crippen LogP) is 2.18. The number of carbonyl (C=O) groups is 1. The second-order valence-corrected chi connectivity index (χ2v) is 6.41. The highest BCUT2D eigenvalue weighted by atomic mass is 16.2. The van der Waals surface area contributed by atoms with Crippen LogP contribution < -0.4 is 4.90 Å². The zero-order valence-corrected chi connectivity index (χ0v) is 14.4. The number of carbonyl (C=O) groups excluding carboxylic acids is 1. The normalized spacial score (nSPS) is 17.3. The SMILES string of the molecule is C[C@H]1CN(c2nccnc2C#N)CCN1C(=O)c1ccc2[nH]ccc2c1. The summed E-state index contributed by atoms with van der Waals surface area (Å²) >= 11 is 0. The molecule has 3 heterocycles. The van der Waals surface area contributed by atoms with Crippen molar-refractivity contribution in [2.24, 2.45) is 0 Å². The summed E-state index contributed by atoms with van der Waals surface area (Å²) < 4.78 is 0. The third-order valence-electron chi connectivity index (χ3n) is 4.77. The third kappa shape index (κ3) is 2.75. The van der Waals surface area contributed by atoms with Crippen molar-refractivity contribution < 1.29 is 4.79 Å². The minimum absolute atomic E-state index is 0.00622. The maximum Gasteiger partial charge on any atom is 0.254 e. The maximum absolute atomic E-state index is 13.0. The van der Waals surface area contributed by atoms with E-state index in [-0.39, 0.29) is 11.9 Å². The standard InChI is InChI=1S/C19H18N6O/c1-13-12-24(18-17(11-20)22-6-7-23-18)8-9-25(13)19(26)15-2-3-16-14(10-15)4-5-21-16/h2-7,10,13,21H,8-9,12H2,1H3/t13-/m0/s1. The first-order valence-electron chi connectivity index (χ1n) is 8.51. The van der Waals surface area contributed by atoms with E-state index in [4.69, 9.17) is 0 Å². The number of fused-ring (bicyclic) bond motifs is 1. The van der Waals surface area contributed by atoms with Crippen molar-refractivity contribution in [3.63, 3.8) is 0 Å². The fraction of sp³-hybridized carbons (Fsp3) is 0.263. The molecule has 0 spiro atoms. The Morgan fingerprint density at radius 3 is 2.92 bits per heavy atom. The lowest BCUT2D eigenvalue weighted by Gasteiger charge is -2.40. The van der Waals surface area contributed by atoms with Crippen molar-refractivity contribution in [2.45, 2.75) is 13.0 Å². The Morgan fingerprint density at radius 1 is 1.27 bits per heavy atom. The van der Waals surface area contributed by atoms with Crippen LogP contribution in [0.3, 0.4) is 0 Å². The maximum atomic E-state index is 13.0. The van der Waals surface area contributed by atoms with E-state index in [1.807, 2.05) is 47.2 Å². The highest BCUT2D eigenvalue weighted by Crippen LogP contribution is 2.22. The number of amides is 1. The van der Waals surface area contributed by atoms with Crippen LogP contribution in [0.5, 0.6) is 0 Å². The fourth-order valence-corrected chi connectivity index (χ4v) is 3.44. The van der Waals surface area contributed by atoms with Crippen LogP contribution in [0.2, 0.25) is 0 Å². The number of nitriles is 1. The Labute approximate surface area is 150 Å². The van der Waals surface area contributed by atoms with Crippen molar-refractivity contribution in [3.8, 4) is 6.07 Å². The van der Waals surface area contributed by atoms with Crippen LogP contribution in [0, 0.1) is 11.3 Å². The average molecular weight is 346 g/mol. The lowest BCUT2D eigenvalue weighted by molar-refractivity contribution is 0.0674. The minimum Gasteiger partial charge on any atom is -0.361 e. The summed E-state index contributed by atoms with van der Waals surface area (Å²) in [4.78, 5) is 28.4. The first-order valence-corrected chi connectivity index (χ1v) is 8.51. The molecule has 0 radical (unpaired) electrons. The van der Waals surface area contributed by atoms with Gasteiger partial charge >= 0.3 is 0 Å². The van der Waals surface area contributed by atoms with Gasteiger partial charge in [0, 0.05) is 60.7 Å². The molecular formula is C19H18N6O. The van der Waals surface area contributed by atoms with Gasteiger partial charge in [-0.25, -0.2) is 9.97 Å². The number of hydrogen-bond donors (Lipinski definition) is 1. The van der Waals surface area contributed by atoms with E-state index in [0.29, 0.717) is 36.7 Å². The van der Waals surface area contributed by atoms with Gasteiger partial charge in [-0.3, -0.25) is 4.79 Å². The second kappa shape index (κ2) is 6.48. The molecule has 1 aromatic carbocycles. The van der Waals surface area contributed by atoms with Crippen LogP contribution in [-0.2, 0) is 0 Å². The minimum atomic E-state index is 0.00622. The molecule has 3 aromatic rings. The van der Waals surface area contributed by atoms with Gasteiger partial charge in [0.1, 0.15) is 6.07 Å². The van der Waals surface area contributed by atoms with E-state index in [2.05, 4.69) is 21.0 Å². The molecule has 1 aliphatic heterocycles. The number of aromatic amines is 1. The van der Waals surface area contributed by atoms with Gasteiger partial charge in [-0.15, -0.1) is 0 Å². The van der Waals surface area contributed by atoms with E-state index < -0.39 is 0 Å². The molecule has 7 heteroatoms. The molecule has 1 atom stereocenters. The van der Waals surface area contributed by atoms with Crippen molar-refractivity contribution >= 4 is 22.6 Å². The highest BCUT2D eigenvalue weighted by Gasteiger charge is 2.30. The number of rotatable bonds is 2. The van der Waals surface area contributed by atoms with E-state index in [9.17, 15) is 10.1 Å². The van der Waals surface area contributed by atoms with Gasteiger partial charge < -0.3 is 14.8 Å². The molecule has 7 nitrogen and oxygen atoms in total. The van der Waals surface area contributed by atoms with E-state index in [1.54, 1.807) is 6.20 Å². The van der Waals surface area contributed by atoms with Gasteiger partial charge in [-0.1, -0.05) is 0 Å². The van der Waals surface area contributed by atoms with Gasteiger partial charge in [0.2, 0.25) is 0 Å². The summed E-state index contributed by atoms with van der Waals surface area (Å²) in [6.07, 6.45) is 4.97. The van der Waals surface area contributed by atoms with Crippen molar-refractivity contribution in [1.82, 2.24) is 19.9 Å². The topological polar surface area (TPSA) is 88.9 Å². The first-order chi connectivity index (χ1) is 12.7. The monoisotopic (exact) mass is 346 g/mol. The summed E-state index contributed by atoms with van der Waals surface area (Å²) in [6, 6.07) is 9.76. The molecule has 0 saturated carbocycles. The van der Waals surface area contributed by atoms with Crippen molar-refractivity contribution in [2.75, 3.05) is 24.5 Å². The van der Waals surface area contributed by atoms with Crippen molar-refractivity contribution in [1.29, 1.82) is 5.26 Å². The van der Waals surface area contributed by atoms with Crippen molar-refractivity contribution in [3.05, 3.63) is 54.1 Å². The Kier molecular flexibility index (Phi) is 4.01. The first kappa shape index (κ1) is 16.1. The summed E-state index contributed by atoms with van der Waals surface area (Å²) in [5.74, 6) is 0.614. The van der Waals surface area contributed by atoms with Crippen LogP contribution in [0.15, 0.2) is 42.9 Å². The number of nitrogens with zero attached hydrogens (tertiary/aromatic N) is 5. The van der Waals surface area contributed by atoms with Gasteiger partial charge in [-0.2, -0.15) is 5.26 Å². The Morgan fingerprint density at radius 2 is 2.12 bits per heavy atom. The third-order valence-corrected chi connectivity index (χ3v) is 4.77. The number of hydrogen-bond acceptors (Lipinski definition) is 5. The number of nitrogens with one attached hydrogen (secondary N) is 1. The van der Waals surface area contributed by atoms with Crippen LogP contribution >= 0.6 is 0 Å². The Bertz CT molecular complexity index is 1000. The molecule has 0 bridgehead atoms. The Hall–Kier alpha value is -3.40. The van der Waals surface area contributed by atoms with Crippen LogP contribution in [-0.4, -0.2) is 51.4 Å². The highest BCUT2D eigenvalue weighted by molar-refractivity contribution is 5.98. The van der Waals surface area contributed by atoms with Gasteiger partial charge in [-0.05, 0) is 31.2 Å². The molecule has 26 heavy (non-hydrogen) atoms. The Balaban J connectivity index is 1.53. The van der Waals surface area contributed by atoms with E-state index >= 15 is 0 Å². The molecule has 0 aliphatic carbocycles. The number of piperazine rings is 1. The number of anilines is 1. The van der Waals surface area contributed by atoms with E-state index in [0.717, 1.165) is 10.9 Å². The van der Waals surface area contributed by atoms with Crippen LogP contribution in [0.25, 0.3) is 10.9 Å².